The molecular formula is C10H14N2S. The first-order valence-electron chi connectivity index (χ1n) is 4.29. The highest BCUT2D eigenvalue weighted by Gasteiger charge is 1.91. The molecule has 0 spiro atoms. The number of hydrogen-bond acceptors (Lipinski definition) is 3. The summed E-state index contributed by atoms with van der Waals surface area (Å²) in [6.07, 6.45) is 3.69. The molecule has 1 N–H and O–H groups in total. The summed E-state index contributed by atoms with van der Waals surface area (Å²) in [5.74, 6) is 1.05. The molecule has 0 aromatic carbocycles. The first-order chi connectivity index (χ1) is 6.43. The molecule has 0 unspecified atom stereocenters. The van der Waals surface area contributed by atoms with Crippen molar-refractivity contribution in [1.82, 2.24) is 10.3 Å². The van der Waals surface area contributed by atoms with Gasteiger partial charge in [0.15, 0.2) is 0 Å². The lowest BCUT2D eigenvalue weighted by Crippen LogP contribution is -2.16. The van der Waals surface area contributed by atoms with Crippen molar-refractivity contribution in [2.24, 2.45) is 0 Å². The summed E-state index contributed by atoms with van der Waals surface area (Å²) in [6, 6.07) is 5.96. The van der Waals surface area contributed by atoms with Gasteiger partial charge in [0.1, 0.15) is 0 Å². The van der Waals surface area contributed by atoms with Gasteiger partial charge in [-0.3, -0.25) is 0 Å². The number of pyridine rings is 1. The third kappa shape index (κ3) is 4.70. The van der Waals surface area contributed by atoms with Crippen LogP contribution in [0.3, 0.4) is 0 Å². The van der Waals surface area contributed by atoms with Gasteiger partial charge in [0.05, 0.1) is 5.03 Å². The fourth-order valence-corrected chi connectivity index (χ4v) is 1.63. The lowest BCUT2D eigenvalue weighted by Gasteiger charge is -2.00. The molecular weight excluding hydrogens is 180 g/mol. The zero-order chi connectivity index (χ0) is 9.36. The van der Waals surface area contributed by atoms with E-state index in [0.29, 0.717) is 0 Å². The standard InChI is InChI=1S/C10H14N2S/c1-2-6-11-8-9-13-10-5-3-4-7-12-10/h2-5,7,11H,1,6,8-9H2. The van der Waals surface area contributed by atoms with Crippen LogP contribution in [0.4, 0.5) is 0 Å². The third-order valence-electron chi connectivity index (χ3n) is 1.46. The average molecular weight is 194 g/mol. The molecule has 3 heteroatoms. The Morgan fingerprint density at radius 3 is 3.15 bits per heavy atom. The van der Waals surface area contributed by atoms with E-state index in [9.17, 15) is 0 Å². The topological polar surface area (TPSA) is 24.9 Å². The molecule has 0 bridgehead atoms. The smallest absolute Gasteiger partial charge is 0.0960 e. The highest BCUT2D eigenvalue weighted by Crippen LogP contribution is 2.12. The molecule has 0 radical (unpaired) electrons. The summed E-state index contributed by atoms with van der Waals surface area (Å²) in [7, 11) is 0. The molecule has 0 atom stereocenters. The maximum absolute atomic E-state index is 4.21. The predicted molar refractivity (Wildman–Crippen MR) is 58.0 cm³/mol. The number of thioether (sulfide) groups is 1. The number of nitrogens with zero attached hydrogens (tertiary/aromatic N) is 1. The zero-order valence-electron chi connectivity index (χ0n) is 7.57. The number of aromatic nitrogens is 1. The average Bonchev–Trinajstić information content (AvgIpc) is 2.19. The van der Waals surface area contributed by atoms with Gasteiger partial charge in [0, 0.05) is 25.0 Å². The lowest BCUT2D eigenvalue weighted by molar-refractivity contribution is 0.806. The van der Waals surface area contributed by atoms with Gasteiger partial charge in [-0.1, -0.05) is 12.1 Å². The number of nitrogens with one attached hydrogen (secondary N) is 1. The summed E-state index contributed by atoms with van der Waals surface area (Å²) in [5.41, 5.74) is 0. The van der Waals surface area contributed by atoms with Gasteiger partial charge in [-0.2, -0.15) is 0 Å². The van der Waals surface area contributed by atoms with E-state index in [1.54, 1.807) is 11.8 Å². The Balaban J connectivity index is 2.10. The molecule has 1 aromatic rings. The largest absolute Gasteiger partial charge is 0.312 e. The first-order valence-corrected chi connectivity index (χ1v) is 5.27. The van der Waals surface area contributed by atoms with Crippen molar-refractivity contribution in [2.75, 3.05) is 18.8 Å². The number of hydrogen-bond donors (Lipinski definition) is 1. The van der Waals surface area contributed by atoms with Gasteiger partial charge >= 0.3 is 0 Å². The molecule has 0 saturated heterocycles. The van der Waals surface area contributed by atoms with Gasteiger partial charge in [-0.25, -0.2) is 4.98 Å². The summed E-state index contributed by atoms with van der Waals surface area (Å²) in [5, 5.41) is 4.32. The van der Waals surface area contributed by atoms with E-state index in [2.05, 4.69) is 16.9 Å². The summed E-state index contributed by atoms with van der Waals surface area (Å²) >= 11 is 1.76. The minimum Gasteiger partial charge on any atom is -0.312 e. The van der Waals surface area contributed by atoms with E-state index in [-0.39, 0.29) is 0 Å². The van der Waals surface area contributed by atoms with Crippen LogP contribution >= 0.6 is 11.8 Å². The van der Waals surface area contributed by atoms with Crippen molar-refractivity contribution < 1.29 is 0 Å². The summed E-state index contributed by atoms with van der Waals surface area (Å²) < 4.78 is 0. The van der Waals surface area contributed by atoms with E-state index in [1.807, 2.05) is 30.5 Å². The Bertz CT molecular complexity index is 236. The molecule has 2 nitrogen and oxygen atoms in total. The fourth-order valence-electron chi connectivity index (χ4n) is 0.864. The van der Waals surface area contributed by atoms with Crippen LogP contribution in [-0.4, -0.2) is 23.8 Å². The molecule has 0 aliphatic carbocycles. The second-order valence-corrected chi connectivity index (χ2v) is 3.62. The van der Waals surface area contributed by atoms with Crippen molar-refractivity contribution in [3.63, 3.8) is 0 Å². The second-order valence-electron chi connectivity index (χ2n) is 2.51. The molecule has 1 aromatic heterocycles. The molecule has 1 rings (SSSR count). The van der Waals surface area contributed by atoms with Crippen molar-refractivity contribution in [1.29, 1.82) is 0 Å². The number of rotatable bonds is 6. The van der Waals surface area contributed by atoms with Crippen molar-refractivity contribution in [2.45, 2.75) is 5.03 Å². The second kappa shape index (κ2) is 6.69. The highest BCUT2D eigenvalue weighted by atomic mass is 32.2. The van der Waals surface area contributed by atoms with Crippen molar-refractivity contribution >= 4 is 11.8 Å². The minimum absolute atomic E-state index is 0.878. The van der Waals surface area contributed by atoms with Crippen LogP contribution in [0.1, 0.15) is 0 Å². The van der Waals surface area contributed by atoms with Crippen LogP contribution in [-0.2, 0) is 0 Å². The maximum Gasteiger partial charge on any atom is 0.0960 e. The Morgan fingerprint density at radius 1 is 1.54 bits per heavy atom. The van der Waals surface area contributed by atoms with Gasteiger partial charge in [-0.15, -0.1) is 18.3 Å². The van der Waals surface area contributed by atoms with E-state index >= 15 is 0 Å². The van der Waals surface area contributed by atoms with Crippen molar-refractivity contribution in [3.05, 3.63) is 37.1 Å². The van der Waals surface area contributed by atoms with Crippen LogP contribution in [0.2, 0.25) is 0 Å². The monoisotopic (exact) mass is 194 g/mol. The SMILES string of the molecule is C=CCNCCSc1ccccn1. The molecule has 0 aliphatic rings. The zero-order valence-corrected chi connectivity index (χ0v) is 8.39. The van der Waals surface area contributed by atoms with Crippen LogP contribution in [0.5, 0.6) is 0 Å². The van der Waals surface area contributed by atoms with E-state index in [1.165, 1.54) is 0 Å². The van der Waals surface area contributed by atoms with Crippen molar-refractivity contribution in [3.8, 4) is 0 Å². The van der Waals surface area contributed by atoms with E-state index in [0.717, 1.165) is 23.9 Å². The molecule has 0 amide bonds. The van der Waals surface area contributed by atoms with Gasteiger partial charge in [0.25, 0.3) is 0 Å². The van der Waals surface area contributed by atoms with Gasteiger partial charge < -0.3 is 5.32 Å². The Kier molecular flexibility index (Phi) is 5.29. The van der Waals surface area contributed by atoms with Gasteiger partial charge in [0.2, 0.25) is 0 Å². The molecule has 0 aliphatic heterocycles. The first kappa shape index (κ1) is 10.3. The Hall–Kier alpha value is -0.800. The molecule has 1 heterocycles. The van der Waals surface area contributed by atoms with Crippen LogP contribution < -0.4 is 5.32 Å². The lowest BCUT2D eigenvalue weighted by atomic mass is 10.5. The molecule has 13 heavy (non-hydrogen) atoms. The molecule has 0 saturated carbocycles. The predicted octanol–water partition coefficient (Wildman–Crippen LogP) is 1.95. The maximum atomic E-state index is 4.21. The van der Waals surface area contributed by atoms with Crippen LogP contribution in [0.15, 0.2) is 42.1 Å². The summed E-state index contributed by atoms with van der Waals surface area (Å²) in [6.45, 7) is 5.51. The van der Waals surface area contributed by atoms with E-state index < -0.39 is 0 Å². The Morgan fingerprint density at radius 2 is 2.46 bits per heavy atom. The van der Waals surface area contributed by atoms with Crippen LogP contribution in [0, 0.1) is 0 Å². The molecule has 70 valence electrons. The fraction of sp³-hybridized carbons (Fsp3) is 0.300. The van der Waals surface area contributed by atoms with Crippen LogP contribution in [0.25, 0.3) is 0 Å². The Labute approximate surface area is 83.5 Å². The third-order valence-corrected chi connectivity index (χ3v) is 2.40. The highest BCUT2D eigenvalue weighted by molar-refractivity contribution is 7.99. The normalized spacial score (nSPS) is 9.85. The summed E-state index contributed by atoms with van der Waals surface area (Å²) in [4.78, 5) is 4.21. The minimum atomic E-state index is 0.878. The van der Waals surface area contributed by atoms with E-state index in [4.69, 9.17) is 0 Å². The molecule has 0 fully saturated rings. The van der Waals surface area contributed by atoms with Gasteiger partial charge in [-0.05, 0) is 12.1 Å². The quantitative estimate of drug-likeness (QED) is 0.425.